The van der Waals surface area contributed by atoms with Crippen LogP contribution in [0.2, 0.25) is 5.02 Å². The fourth-order valence-corrected chi connectivity index (χ4v) is 2.44. The molecule has 0 amide bonds. The molecule has 0 aliphatic rings. The van der Waals surface area contributed by atoms with Gasteiger partial charge >= 0.3 is 5.97 Å². The van der Waals surface area contributed by atoms with E-state index in [9.17, 15) is 4.79 Å². The molecule has 7 heteroatoms. The molecule has 0 saturated carbocycles. The van der Waals surface area contributed by atoms with E-state index in [-0.39, 0.29) is 4.88 Å². The molecule has 5 nitrogen and oxygen atoms in total. The second kappa shape index (κ2) is 5.26. The van der Waals surface area contributed by atoms with Gasteiger partial charge < -0.3 is 10.4 Å². The Balaban J connectivity index is 2.34. The number of nitriles is 1. The smallest absolute Gasteiger partial charge is 0.347 e. The molecule has 1 aromatic carbocycles. The highest BCUT2D eigenvalue weighted by Gasteiger charge is 2.14. The molecule has 0 radical (unpaired) electrons. The van der Waals surface area contributed by atoms with Crippen LogP contribution in [0.5, 0.6) is 0 Å². The molecule has 0 fully saturated rings. The van der Waals surface area contributed by atoms with Crippen LogP contribution in [-0.2, 0) is 0 Å². The number of aryl methyl sites for hydroxylation is 1. The Bertz CT molecular complexity index is 691. The van der Waals surface area contributed by atoms with E-state index in [2.05, 4.69) is 10.3 Å². The van der Waals surface area contributed by atoms with Crippen LogP contribution in [0.15, 0.2) is 18.2 Å². The molecule has 96 valence electrons. The van der Waals surface area contributed by atoms with E-state index in [1.54, 1.807) is 25.1 Å². The summed E-state index contributed by atoms with van der Waals surface area (Å²) in [4.78, 5) is 15.2. The standard InChI is InChI=1S/C12H8ClN3O2S/c1-6-10(11(17)18)19-12(15-6)16-9-4-7(5-14)2-3-8(9)13/h2-4H,1H3,(H,15,16)(H,17,18). The molecule has 0 unspecified atom stereocenters. The van der Waals surface area contributed by atoms with Gasteiger partial charge in [-0.25, -0.2) is 9.78 Å². The summed E-state index contributed by atoms with van der Waals surface area (Å²) in [5.41, 5.74) is 1.41. The number of aromatic nitrogens is 1. The Morgan fingerprint density at radius 1 is 1.58 bits per heavy atom. The number of thiazole rings is 1. The molecule has 0 aliphatic carbocycles. The zero-order chi connectivity index (χ0) is 14.0. The van der Waals surface area contributed by atoms with Crippen molar-refractivity contribution < 1.29 is 9.90 Å². The van der Waals surface area contributed by atoms with Crippen molar-refractivity contribution in [2.24, 2.45) is 0 Å². The first kappa shape index (κ1) is 13.3. The molecule has 1 aromatic heterocycles. The van der Waals surface area contributed by atoms with Gasteiger partial charge in [0, 0.05) is 0 Å². The van der Waals surface area contributed by atoms with E-state index >= 15 is 0 Å². The van der Waals surface area contributed by atoms with Crippen LogP contribution in [0.4, 0.5) is 10.8 Å². The number of halogens is 1. The van der Waals surface area contributed by atoms with Crippen LogP contribution in [0.1, 0.15) is 20.9 Å². The van der Waals surface area contributed by atoms with Crippen LogP contribution < -0.4 is 5.32 Å². The Kier molecular flexibility index (Phi) is 3.69. The third-order valence-electron chi connectivity index (χ3n) is 2.33. The number of benzene rings is 1. The lowest BCUT2D eigenvalue weighted by atomic mass is 10.2. The van der Waals surface area contributed by atoms with Gasteiger partial charge in [-0.1, -0.05) is 22.9 Å². The lowest BCUT2D eigenvalue weighted by molar-refractivity contribution is 0.0701. The number of hydrogen-bond donors (Lipinski definition) is 2. The minimum Gasteiger partial charge on any atom is -0.477 e. The maximum Gasteiger partial charge on any atom is 0.347 e. The molecule has 0 bridgehead atoms. The molecule has 0 spiro atoms. The Labute approximate surface area is 118 Å². The van der Waals surface area contributed by atoms with Crippen LogP contribution in [0.25, 0.3) is 0 Å². The van der Waals surface area contributed by atoms with Gasteiger partial charge in [-0.2, -0.15) is 5.26 Å². The number of hydrogen-bond acceptors (Lipinski definition) is 5. The van der Waals surface area contributed by atoms with Crippen LogP contribution in [0.3, 0.4) is 0 Å². The maximum absolute atomic E-state index is 10.9. The summed E-state index contributed by atoms with van der Waals surface area (Å²) in [7, 11) is 0. The van der Waals surface area contributed by atoms with Crippen molar-refractivity contribution in [3.8, 4) is 6.07 Å². The zero-order valence-electron chi connectivity index (χ0n) is 9.77. The van der Waals surface area contributed by atoms with E-state index in [0.29, 0.717) is 27.1 Å². The van der Waals surface area contributed by atoms with E-state index in [0.717, 1.165) is 11.3 Å². The third kappa shape index (κ3) is 2.84. The largest absolute Gasteiger partial charge is 0.477 e. The van der Waals surface area contributed by atoms with Crippen LogP contribution in [0, 0.1) is 18.3 Å². The third-order valence-corrected chi connectivity index (χ3v) is 3.72. The number of carbonyl (C=O) groups is 1. The quantitative estimate of drug-likeness (QED) is 0.905. The lowest BCUT2D eigenvalue weighted by Crippen LogP contribution is -1.94. The first-order valence-corrected chi connectivity index (χ1v) is 6.38. The second-order valence-corrected chi connectivity index (χ2v) is 5.08. The van der Waals surface area contributed by atoms with Gasteiger partial charge in [0.05, 0.1) is 28.0 Å². The number of carboxylic acid groups (broad SMARTS) is 1. The van der Waals surface area contributed by atoms with Crippen molar-refractivity contribution >= 4 is 39.7 Å². The van der Waals surface area contributed by atoms with Crippen molar-refractivity contribution in [1.29, 1.82) is 5.26 Å². The van der Waals surface area contributed by atoms with E-state index < -0.39 is 5.97 Å². The summed E-state index contributed by atoms with van der Waals surface area (Å²) in [6, 6.07) is 6.79. The SMILES string of the molecule is Cc1nc(Nc2cc(C#N)ccc2Cl)sc1C(=O)O. The van der Waals surface area contributed by atoms with E-state index in [1.807, 2.05) is 6.07 Å². The first-order valence-electron chi connectivity index (χ1n) is 5.18. The van der Waals surface area contributed by atoms with Gasteiger partial charge in [-0.05, 0) is 25.1 Å². The van der Waals surface area contributed by atoms with Crippen LogP contribution >= 0.6 is 22.9 Å². The molecule has 1 heterocycles. The lowest BCUT2D eigenvalue weighted by Gasteiger charge is -2.05. The number of anilines is 2. The van der Waals surface area contributed by atoms with Crippen LogP contribution in [-0.4, -0.2) is 16.1 Å². The first-order chi connectivity index (χ1) is 9.01. The van der Waals surface area contributed by atoms with E-state index in [1.165, 1.54) is 0 Å². The minimum atomic E-state index is -1.01. The van der Waals surface area contributed by atoms with Crippen molar-refractivity contribution in [2.45, 2.75) is 6.92 Å². The highest BCUT2D eigenvalue weighted by Crippen LogP contribution is 2.30. The molecule has 19 heavy (non-hydrogen) atoms. The number of carboxylic acids is 1. The van der Waals surface area contributed by atoms with Gasteiger partial charge in [0.15, 0.2) is 5.13 Å². The summed E-state index contributed by atoms with van der Waals surface area (Å²) in [5, 5.41) is 21.6. The van der Waals surface area contributed by atoms with E-state index in [4.69, 9.17) is 22.0 Å². The van der Waals surface area contributed by atoms with Crippen molar-refractivity contribution in [3.05, 3.63) is 39.4 Å². The summed E-state index contributed by atoms with van der Waals surface area (Å²) >= 11 is 7.02. The summed E-state index contributed by atoms with van der Waals surface area (Å²) in [6.07, 6.45) is 0. The average molecular weight is 294 g/mol. The molecular formula is C12H8ClN3O2S. The summed E-state index contributed by atoms with van der Waals surface area (Å²) in [5.74, 6) is -1.01. The number of nitrogens with one attached hydrogen (secondary N) is 1. The fourth-order valence-electron chi connectivity index (χ4n) is 1.45. The molecule has 0 atom stereocenters. The molecule has 2 N–H and O–H groups in total. The normalized spacial score (nSPS) is 9.95. The fraction of sp³-hybridized carbons (Fsp3) is 0.0833. The van der Waals surface area contributed by atoms with Gasteiger partial charge in [-0.3, -0.25) is 0 Å². The average Bonchev–Trinajstić information content (AvgIpc) is 2.73. The second-order valence-electron chi connectivity index (χ2n) is 3.67. The Hall–Kier alpha value is -2.10. The Morgan fingerprint density at radius 3 is 2.89 bits per heavy atom. The summed E-state index contributed by atoms with van der Waals surface area (Å²) in [6.45, 7) is 1.62. The van der Waals surface area contributed by atoms with Gasteiger partial charge in [0.2, 0.25) is 0 Å². The molecule has 0 aliphatic heterocycles. The topological polar surface area (TPSA) is 86.0 Å². The van der Waals surface area contributed by atoms with Crippen molar-refractivity contribution in [2.75, 3.05) is 5.32 Å². The minimum absolute atomic E-state index is 0.176. The number of rotatable bonds is 3. The predicted octanol–water partition coefficient (Wildman–Crippen LogP) is 3.42. The van der Waals surface area contributed by atoms with Gasteiger partial charge in [0.25, 0.3) is 0 Å². The Morgan fingerprint density at radius 2 is 2.32 bits per heavy atom. The predicted molar refractivity (Wildman–Crippen MR) is 73.3 cm³/mol. The van der Waals surface area contributed by atoms with Gasteiger partial charge in [-0.15, -0.1) is 0 Å². The molecule has 0 saturated heterocycles. The summed E-state index contributed by atoms with van der Waals surface area (Å²) < 4.78 is 0. The highest BCUT2D eigenvalue weighted by molar-refractivity contribution is 7.17. The van der Waals surface area contributed by atoms with Gasteiger partial charge in [0.1, 0.15) is 4.88 Å². The molecular weight excluding hydrogens is 286 g/mol. The van der Waals surface area contributed by atoms with Crippen molar-refractivity contribution in [1.82, 2.24) is 4.98 Å². The number of nitrogens with zero attached hydrogens (tertiary/aromatic N) is 2. The molecule has 2 rings (SSSR count). The molecule has 2 aromatic rings. The monoisotopic (exact) mass is 293 g/mol. The zero-order valence-corrected chi connectivity index (χ0v) is 11.3. The van der Waals surface area contributed by atoms with Crippen molar-refractivity contribution in [3.63, 3.8) is 0 Å². The highest BCUT2D eigenvalue weighted by atomic mass is 35.5. The maximum atomic E-state index is 10.9. The number of aromatic carboxylic acids is 1.